The molecule has 1 aliphatic rings. The van der Waals surface area contributed by atoms with Crippen molar-refractivity contribution in [2.45, 2.75) is 44.0 Å². The summed E-state index contributed by atoms with van der Waals surface area (Å²) in [6, 6.07) is 0.630. The Morgan fingerprint density at radius 1 is 1.44 bits per heavy atom. The van der Waals surface area contributed by atoms with Gasteiger partial charge < -0.3 is 4.90 Å². The molecule has 1 fully saturated rings. The van der Waals surface area contributed by atoms with E-state index in [2.05, 4.69) is 27.9 Å². The minimum absolute atomic E-state index is 0.518. The Balaban J connectivity index is 1.94. The number of rotatable bonds is 3. The van der Waals surface area contributed by atoms with E-state index < -0.39 is 0 Å². The first-order chi connectivity index (χ1) is 8.81. The van der Waals surface area contributed by atoms with Gasteiger partial charge in [0.05, 0.1) is 11.6 Å². The van der Waals surface area contributed by atoms with Crippen molar-refractivity contribution in [3.8, 4) is 0 Å². The molecule has 18 heavy (non-hydrogen) atoms. The van der Waals surface area contributed by atoms with Crippen LogP contribution in [0.2, 0.25) is 0 Å². The van der Waals surface area contributed by atoms with Crippen molar-refractivity contribution in [2.75, 3.05) is 11.9 Å². The van der Waals surface area contributed by atoms with E-state index in [0.29, 0.717) is 11.9 Å². The Hall–Kier alpha value is -0.740. The van der Waals surface area contributed by atoms with E-state index >= 15 is 0 Å². The maximum atomic E-state index is 6.11. The number of nitrogens with zero attached hydrogens (tertiary/aromatic N) is 3. The zero-order valence-electron chi connectivity index (χ0n) is 10.6. The summed E-state index contributed by atoms with van der Waals surface area (Å²) in [6.07, 6.45) is 8.68. The van der Waals surface area contributed by atoms with Crippen LogP contribution in [-0.4, -0.2) is 22.5 Å². The standard InChI is InChI=1S/C13H18ClN3S/c1-16(10-5-3-2-4-6-10)12-11(9-14)17-7-8-18-13(17)15-12/h7-8,10H,2-6,9H2,1H3. The van der Waals surface area contributed by atoms with Crippen LogP contribution < -0.4 is 4.90 Å². The van der Waals surface area contributed by atoms with Crippen LogP contribution in [-0.2, 0) is 5.88 Å². The molecule has 0 aliphatic heterocycles. The lowest BCUT2D eigenvalue weighted by atomic mass is 9.94. The fourth-order valence-electron chi connectivity index (χ4n) is 2.87. The quantitative estimate of drug-likeness (QED) is 0.796. The van der Waals surface area contributed by atoms with Crippen molar-refractivity contribution in [2.24, 2.45) is 0 Å². The van der Waals surface area contributed by atoms with Gasteiger partial charge in [0.25, 0.3) is 0 Å². The normalized spacial score (nSPS) is 17.4. The first kappa shape index (κ1) is 12.3. The molecule has 2 heterocycles. The van der Waals surface area contributed by atoms with Gasteiger partial charge in [0.15, 0.2) is 10.8 Å². The van der Waals surface area contributed by atoms with Gasteiger partial charge >= 0.3 is 0 Å². The Labute approximate surface area is 116 Å². The van der Waals surface area contributed by atoms with Crippen LogP contribution in [0.4, 0.5) is 5.82 Å². The van der Waals surface area contributed by atoms with Gasteiger partial charge in [-0.2, -0.15) is 0 Å². The summed E-state index contributed by atoms with van der Waals surface area (Å²) in [7, 11) is 2.17. The highest BCUT2D eigenvalue weighted by Gasteiger charge is 2.23. The maximum absolute atomic E-state index is 6.11. The molecule has 1 aliphatic carbocycles. The van der Waals surface area contributed by atoms with Gasteiger partial charge in [0, 0.05) is 24.7 Å². The number of halogens is 1. The maximum Gasteiger partial charge on any atom is 0.195 e. The molecule has 2 aromatic rings. The Morgan fingerprint density at radius 2 is 2.22 bits per heavy atom. The molecule has 2 aromatic heterocycles. The van der Waals surface area contributed by atoms with Crippen LogP contribution in [0.5, 0.6) is 0 Å². The number of fused-ring (bicyclic) bond motifs is 1. The van der Waals surface area contributed by atoms with Crippen LogP contribution in [0.1, 0.15) is 37.8 Å². The van der Waals surface area contributed by atoms with Crippen LogP contribution >= 0.6 is 22.9 Å². The first-order valence-corrected chi connectivity index (χ1v) is 7.96. The lowest BCUT2D eigenvalue weighted by Gasteiger charge is -2.31. The molecule has 3 nitrogen and oxygen atoms in total. The largest absolute Gasteiger partial charge is 0.355 e. The Kier molecular flexibility index (Phi) is 3.48. The number of hydrogen-bond acceptors (Lipinski definition) is 3. The van der Waals surface area contributed by atoms with Gasteiger partial charge in [-0.25, -0.2) is 4.98 Å². The second kappa shape index (κ2) is 5.10. The van der Waals surface area contributed by atoms with Gasteiger partial charge in [-0.05, 0) is 12.8 Å². The van der Waals surface area contributed by atoms with Crippen LogP contribution in [0.3, 0.4) is 0 Å². The van der Waals surface area contributed by atoms with E-state index in [1.54, 1.807) is 11.3 Å². The number of aromatic nitrogens is 2. The molecule has 0 unspecified atom stereocenters. The fraction of sp³-hybridized carbons (Fsp3) is 0.615. The highest BCUT2D eigenvalue weighted by molar-refractivity contribution is 7.15. The van der Waals surface area contributed by atoms with Crippen molar-refractivity contribution in [3.63, 3.8) is 0 Å². The molecule has 0 N–H and O–H groups in total. The number of hydrogen-bond donors (Lipinski definition) is 0. The molecule has 1 saturated carbocycles. The molecule has 5 heteroatoms. The monoisotopic (exact) mass is 283 g/mol. The third kappa shape index (κ3) is 2.01. The molecular weight excluding hydrogens is 266 g/mol. The zero-order chi connectivity index (χ0) is 12.5. The van der Waals surface area contributed by atoms with Crippen molar-refractivity contribution < 1.29 is 0 Å². The second-order valence-electron chi connectivity index (χ2n) is 4.97. The minimum Gasteiger partial charge on any atom is -0.355 e. The predicted octanol–water partition coefficient (Wildman–Crippen LogP) is 3.90. The first-order valence-electron chi connectivity index (χ1n) is 6.54. The Morgan fingerprint density at radius 3 is 2.94 bits per heavy atom. The summed E-state index contributed by atoms with van der Waals surface area (Å²) in [6.45, 7) is 0. The molecule has 0 radical (unpaired) electrons. The van der Waals surface area contributed by atoms with Crippen LogP contribution in [0, 0.1) is 0 Å². The minimum atomic E-state index is 0.518. The molecule has 0 saturated heterocycles. The average molecular weight is 284 g/mol. The zero-order valence-corrected chi connectivity index (χ0v) is 12.2. The van der Waals surface area contributed by atoms with Gasteiger partial charge in [-0.1, -0.05) is 19.3 Å². The van der Waals surface area contributed by atoms with E-state index in [1.807, 2.05) is 0 Å². The molecular formula is C13H18ClN3S. The summed E-state index contributed by atoms with van der Waals surface area (Å²) >= 11 is 7.78. The highest BCUT2D eigenvalue weighted by atomic mass is 35.5. The smallest absolute Gasteiger partial charge is 0.195 e. The van der Waals surface area contributed by atoms with E-state index in [9.17, 15) is 0 Å². The average Bonchev–Trinajstić information content (AvgIpc) is 2.98. The predicted molar refractivity (Wildman–Crippen MR) is 77.9 cm³/mol. The highest BCUT2D eigenvalue weighted by Crippen LogP contribution is 2.30. The lowest BCUT2D eigenvalue weighted by Crippen LogP contribution is -2.34. The van der Waals surface area contributed by atoms with Crippen LogP contribution in [0.25, 0.3) is 4.96 Å². The summed E-state index contributed by atoms with van der Waals surface area (Å²) in [4.78, 5) is 8.13. The molecule has 0 bridgehead atoms. The lowest BCUT2D eigenvalue weighted by molar-refractivity contribution is 0.426. The van der Waals surface area contributed by atoms with Gasteiger partial charge in [-0.15, -0.1) is 22.9 Å². The molecule has 0 atom stereocenters. The van der Waals surface area contributed by atoms with Crippen LogP contribution in [0.15, 0.2) is 11.6 Å². The Bertz CT molecular complexity index is 527. The summed E-state index contributed by atoms with van der Waals surface area (Å²) in [5, 5.41) is 2.06. The molecule has 3 rings (SSSR count). The topological polar surface area (TPSA) is 20.5 Å². The third-order valence-electron chi connectivity index (χ3n) is 3.92. The van der Waals surface area contributed by atoms with Gasteiger partial charge in [0.2, 0.25) is 0 Å². The van der Waals surface area contributed by atoms with Crippen molar-refractivity contribution in [1.82, 2.24) is 9.38 Å². The molecule has 98 valence electrons. The van der Waals surface area contributed by atoms with E-state index in [0.717, 1.165) is 16.5 Å². The molecule has 0 spiro atoms. The summed E-state index contributed by atoms with van der Waals surface area (Å²) in [5.74, 6) is 1.59. The van der Waals surface area contributed by atoms with Crippen molar-refractivity contribution >= 4 is 33.7 Å². The molecule has 0 aromatic carbocycles. The number of imidazole rings is 1. The van der Waals surface area contributed by atoms with E-state index in [-0.39, 0.29) is 0 Å². The SMILES string of the molecule is CN(c1nc2sccn2c1CCl)C1CCCCC1. The van der Waals surface area contributed by atoms with Crippen molar-refractivity contribution in [1.29, 1.82) is 0 Å². The summed E-state index contributed by atoms with van der Waals surface area (Å²) < 4.78 is 2.12. The number of alkyl halides is 1. The van der Waals surface area contributed by atoms with E-state index in [4.69, 9.17) is 16.6 Å². The van der Waals surface area contributed by atoms with Gasteiger partial charge in [0.1, 0.15) is 0 Å². The fourth-order valence-corrected chi connectivity index (χ4v) is 3.85. The number of thiazole rings is 1. The summed E-state index contributed by atoms with van der Waals surface area (Å²) in [5.41, 5.74) is 1.13. The molecule has 0 amide bonds. The second-order valence-corrected chi connectivity index (χ2v) is 6.11. The van der Waals surface area contributed by atoms with Gasteiger partial charge in [-0.3, -0.25) is 4.40 Å². The van der Waals surface area contributed by atoms with E-state index in [1.165, 1.54) is 32.1 Å². The number of anilines is 1. The third-order valence-corrected chi connectivity index (χ3v) is 4.93. The van der Waals surface area contributed by atoms with Crippen molar-refractivity contribution in [3.05, 3.63) is 17.3 Å².